The number of aromatic nitrogens is 1. The molecule has 0 saturated carbocycles. The highest BCUT2D eigenvalue weighted by Gasteiger charge is 2.08. The van der Waals surface area contributed by atoms with Crippen molar-refractivity contribution in [2.45, 2.75) is 13.5 Å². The molecule has 2 N–H and O–H groups in total. The lowest BCUT2D eigenvalue weighted by Crippen LogP contribution is -2.11. The lowest BCUT2D eigenvalue weighted by molar-refractivity contribution is 0.480. The second-order valence-corrected chi connectivity index (χ2v) is 6.69. The number of nitrogens with one attached hydrogen (secondary N) is 1. The fourth-order valence-corrected chi connectivity index (χ4v) is 3.37. The average molecular weight is 366 g/mol. The maximum absolute atomic E-state index is 10.4. The molecule has 0 radical (unpaired) electrons. The van der Waals surface area contributed by atoms with Crippen molar-refractivity contribution in [3.8, 4) is 16.9 Å². The van der Waals surface area contributed by atoms with E-state index in [0.717, 1.165) is 34.3 Å². The first-order chi connectivity index (χ1) is 13.7. The van der Waals surface area contributed by atoms with Gasteiger partial charge in [-0.15, -0.1) is 0 Å². The van der Waals surface area contributed by atoms with Crippen LogP contribution in [0, 0.1) is 0 Å². The Hall–Kier alpha value is -3.59. The van der Waals surface area contributed by atoms with Gasteiger partial charge in [0.15, 0.2) is 0 Å². The highest BCUT2D eigenvalue weighted by molar-refractivity contribution is 5.89. The number of benzene rings is 3. The van der Waals surface area contributed by atoms with Gasteiger partial charge in [-0.3, -0.25) is 4.98 Å². The highest BCUT2D eigenvalue weighted by atomic mass is 16.3. The molecule has 4 rings (SSSR count). The minimum absolute atomic E-state index is 0.201. The zero-order chi connectivity index (χ0) is 19.3. The van der Waals surface area contributed by atoms with Gasteiger partial charge < -0.3 is 10.4 Å². The van der Waals surface area contributed by atoms with Crippen molar-refractivity contribution in [2.24, 2.45) is 0 Å². The van der Waals surface area contributed by atoms with Crippen LogP contribution in [-0.2, 0) is 6.54 Å². The Morgan fingerprint density at radius 2 is 1.79 bits per heavy atom. The van der Waals surface area contributed by atoms with Crippen LogP contribution >= 0.6 is 0 Å². The summed E-state index contributed by atoms with van der Waals surface area (Å²) in [5.41, 5.74) is 6.09. The average Bonchev–Trinajstić information content (AvgIpc) is 2.75. The summed E-state index contributed by atoms with van der Waals surface area (Å²) in [4.78, 5) is 4.26. The fourth-order valence-electron chi connectivity index (χ4n) is 3.37. The van der Waals surface area contributed by atoms with E-state index < -0.39 is 0 Å². The molecule has 3 nitrogen and oxygen atoms in total. The molecular formula is C25H22N2O. The van der Waals surface area contributed by atoms with E-state index in [-0.39, 0.29) is 5.75 Å². The topological polar surface area (TPSA) is 45.1 Å². The predicted octanol–water partition coefficient (Wildman–Crippen LogP) is 5.76. The summed E-state index contributed by atoms with van der Waals surface area (Å²) in [6, 6.07) is 26.4. The maximum Gasteiger partial charge on any atom is 0.142 e. The van der Waals surface area contributed by atoms with Crippen LogP contribution in [0.1, 0.15) is 18.1 Å². The zero-order valence-corrected chi connectivity index (χ0v) is 15.8. The third-order valence-corrected chi connectivity index (χ3v) is 4.81. The Kier molecular flexibility index (Phi) is 5.07. The zero-order valence-electron chi connectivity index (χ0n) is 15.8. The van der Waals surface area contributed by atoms with Gasteiger partial charge in [-0.2, -0.15) is 0 Å². The molecule has 0 bridgehead atoms. The van der Waals surface area contributed by atoms with Gasteiger partial charge in [0, 0.05) is 23.8 Å². The summed E-state index contributed by atoms with van der Waals surface area (Å²) in [7, 11) is 0. The van der Waals surface area contributed by atoms with Gasteiger partial charge in [0.25, 0.3) is 0 Å². The monoisotopic (exact) mass is 366 g/mol. The van der Waals surface area contributed by atoms with Crippen molar-refractivity contribution in [3.63, 3.8) is 0 Å². The van der Waals surface area contributed by atoms with Gasteiger partial charge >= 0.3 is 0 Å². The second kappa shape index (κ2) is 7.97. The summed E-state index contributed by atoms with van der Waals surface area (Å²) in [5.74, 6) is 0.201. The van der Waals surface area contributed by atoms with Gasteiger partial charge in [-0.1, -0.05) is 60.7 Å². The molecule has 3 aromatic carbocycles. The number of pyridine rings is 1. The number of rotatable bonds is 5. The molecular weight excluding hydrogens is 344 g/mol. The maximum atomic E-state index is 10.4. The minimum atomic E-state index is 0.201. The first-order valence-electron chi connectivity index (χ1n) is 9.37. The van der Waals surface area contributed by atoms with Crippen LogP contribution in [0.4, 0.5) is 0 Å². The van der Waals surface area contributed by atoms with E-state index in [4.69, 9.17) is 0 Å². The normalized spacial score (nSPS) is 11.5. The molecule has 0 fully saturated rings. The minimum Gasteiger partial charge on any atom is -0.506 e. The summed E-state index contributed by atoms with van der Waals surface area (Å²) in [6.45, 7) is 2.81. The Morgan fingerprint density at radius 3 is 2.61 bits per heavy atom. The molecule has 0 unspecified atom stereocenters. The lowest BCUT2D eigenvalue weighted by atomic mass is 9.99. The van der Waals surface area contributed by atoms with Crippen molar-refractivity contribution in [3.05, 3.63) is 102 Å². The van der Waals surface area contributed by atoms with Crippen LogP contribution in [0.25, 0.3) is 27.7 Å². The number of hydrogen-bond donors (Lipinski definition) is 2. The van der Waals surface area contributed by atoms with Crippen molar-refractivity contribution >= 4 is 16.6 Å². The Morgan fingerprint density at radius 1 is 0.929 bits per heavy atom. The van der Waals surface area contributed by atoms with Gasteiger partial charge in [0.1, 0.15) is 11.3 Å². The number of aromatic hydroxyl groups is 1. The molecule has 28 heavy (non-hydrogen) atoms. The largest absolute Gasteiger partial charge is 0.506 e. The molecule has 0 aliphatic rings. The molecule has 0 saturated heterocycles. The van der Waals surface area contributed by atoms with Crippen LogP contribution in [0.3, 0.4) is 0 Å². The molecule has 138 valence electrons. The van der Waals surface area contributed by atoms with Crippen LogP contribution < -0.4 is 5.32 Å². The molecule has 1 aromatic heterocycles. The summed E-state index contributed by atoms with van der Waals surface area (Å²) in [5, 5.41) is 14.8. The van der Waals surface area contributed by atoms with E-state index in [1.807, 2.05) is 43.3 Å². The fraction of sp³-hybridized carbons (Fsp3) is 0.0800. The first kappa shape index (κ1) is 17.8. The predicted molar refractivity (Wildman–Crippen MR) is 116 cm³/mol. The highest BCUT2D eigenvalue weighted by Crippen LogP contribution is 2.31. The van der Waals surface area contributed by atoms with E-state index in [1.165, 1.54) is 5.56 Å². The third kappa shape index (κ3) is 3.74. The number of nitrogens with zero attached hydrogens (tertiary/aromatic N) is 1. The van der Waals surface area contributed by atoms with Crippen molar-refractivity contribution in [2.75, 3.05) is 0 Å². The van der Waals surface area contributed by atoms with E-state index in [1.54, 1.807) is 12.3 Å². The Labute approximate surface area is 165 Å². The van der Waals surface area contributed by atoms with Gasteiger partial charge in [0.05, 0.1) is 0 Å². The van der Waals surface area contributed by atoms with Crippen molar-refractivity contribution in [1.29, 1.82) is 0 Å². The number of allylic oxidation sites excluding steroid dienone is 1. The van der Waals surface area contributed by atoms with E-state index in [2.05, 4.69) is 52.8 Å². The molecule has 0 aliphatic heterocycles. The van der Waals surface area contributed by atoms with E-state index >= 15 is 0 Å². The Balaban J connectivity index is 1.63. The smallest absolute Gasteiger partial charge is 0.142 e. The van der Waals surface area contributed by atoms with Gasteiger partial charge in [-0.25, -0.2) is 0 Å². The number of phenols is 1. The van der Waals surface area contributed by atoms with Crippen molar-refractivity contribution in [1.82, 2.24) is 10.3 Å². The van der Waals surface area contributed by atoms with E-state index in [0.29, 0.717) is 5.52 Å². The molecule has 4 aromatic rings. The summed E-state index contributed by atoms with van der Waals surface area (Å²) in [6.07, 6.45) is 3.78. The molecule has 1 heterocycles. The van der Waals surface area contributed by atoms with Crippen LogP contribution in [0.15, 0.2) is 91.1 Å². The SMILES string of the molecule is C/C=C(/NCc1ccccc1)c1cccc(-c2cc(O)c3ncccc3c2)c1. The van der Waals surface area contributed by atoms with Gasteiger partial charge in [-0.05, 0) is 53.4 Å². The van der Waals surface area contributed by atoms with Gasteiger partial charge in [0.2, 0.25) is 0 Å². The quantitative estimate of drug-likeness (QED) is 0.472. The number of fused-ring (bicyclic) bond motifs is 1. The van der Waals surface area contributed by atoms with Crippen molar-refractivity contribution < 1.29 is 5.11 Å². The lowest BCUT2D eigenvalue weighted by Gasteiger charge is -2.13. The molecule has 0 amide bonds. The number of phenolic OH excluding ortho intramolecular Hbond substituents is 1. The van der Waals surface area contributed by atoms with E-state index in [9.17, 15) is 5.11 Å². The molecule has 0 aliphatic carbocycles. The second-order valence-electron chi connectivity index (χ2n) is 6.69. The van der Waals surface area contributed by atoms with Crippen LogP contribution in [-0.4, -0.2) is 10.1 Å². The van der Waals surface area contributed by atoms with Crippen LogP contribution in [0.5, 0.6) is 5.75 Å². The molecule has 0 spiro atoms. The number of hydrogen-bond acceptors (Lipinski definition) is 3. The molecule has 3 heteroatoms. The first-order valence-corrected chi connectivity index (χ1v) is 9.37. The summed E-state index contributed by atoms with van der Waals surface area (Å²) < 4.78 is 0. The van der Waals surface area contributed by atoms with Crippen LogP contribution in [0.2, 0.25) is 0 Å². The molecule has 0 atom stereocenters. The third-order valence-electron chi connectivity index (χ3n) is 4.81. The summed E-state index contributed by atoms with van der Waals surface area (Å²) >= 11 is 0. The Bertz CT molecular complexity index is 1130. The standard InChI is InChI=1S/C25H22N2O/c1-2-23(27-17-18-8-4-3-5-9-18)20-11-6-10-19(14-20)22-15-21-12-7-13-26-25(21)24(28)16-22/h2-16,27-28H,17H2,1H3/b23-2+.